The van der Waals surface area contributed by atoms with Gasteiger partial charge in [0.05, 0.1) is 18.4 Å². The lowest BCUT2D eigenvalue weighted by Gasteiger charge is -2.31. The number of carbonyl (C=O) groups is 1. The molecule has 0 aliphatic carbocycles. The minimum atomic E-state index is -0.836. The van der Waals surface area contributed by atoms with Gasteiger partial charge in [0.1, 0.15) is 6.10 Å². The Morgan fingerprint density at radius 3 is 3.17 bits per heavy atom. The molecule has 4 atom stereocenters. The number of carbonyl (C=O) groups excluding carboxylic acids is 1. The van der Waals surface area contributed by atoms with E-state index in [4.69, 9.17) is 9.84 Å². The van der Waals surface area contributed by atoms with E-state index in [0.29, 0.717) is 12.1 Å². The second-order valence-corrected chi connectivity index (χ2v) is 4.31. The van der Waals surface area contributed by atoms with Gasteiger partial charge in [0.2, 0.25) is 0 Å². The van der Waals surface area contributed by atoms with Gasteiger partial charge in [-0.2, -0.15) is 0 Å². The van der Waals surface area contributed by atoms with Crippen molar-refractivity contribution in [2.75, 3.05) is 6.61 Å². The van der Waals surface area contributed by atoms with Crippen molar-refractivity contribution in [2.24, 2.45) is 10.3 Å². The molecule has 2 amide bonds. The molecule has 0 spiro atoms. The van der Waals surface area contributed by atoms with Gasteiger partial charge in [-0.15, -0.1) is 5.11 Å². The molecule has 18 heavy (non-hydrogen) atoms. The first-order valence-corrected chi connectivity index (χ1v) is 5.60. The Kier molecular flexibility index (Phi) is 2.65. The number of rotatable bonds is 2. The molecular formula is C9H13N5O4. The third-order valence-electron chi connectivity index (χ3n) is 3.06. The van der Waals surface area contributed by atoms with Crippen LogP contribution in [0.2, 0.25) is 0 Å². The average Bonchev–Trinajstić information content (AvgIpc) is 2.93. The lowest BCUT2D eigenvalue weighted by molar-refractivity contribution is -0.0654. The zero-order valence-corrected chi connectivity index (χ0v) is 9.35. The molecule has 0 aromatic rings. The van der Waals surface area contributed by atoms with Crippen LogP contribution in [0, 0.1) is 0 Å². The van der Waals surface area contributed by atoms with E-state index in [1.54, 1.807) is 0 Å². The van der Waals surface area contributed by atoms with Crippen LogP contribution < -0.4 is 10.7 Å². The summed E-state index contributed by atoms with van der Waals surface area (Å²) in [5.74, 6) is 0. The van der Waals surface area contributed by atoms with Gasteiger partial charge in [-0.3, -0.25) is 10.3 Å². The summed E-state index contributed by atoms with van der Waals surface area (Å²) < 4.78 is 5.41. The Labute approximate surface area is 102 Å². The molecule has 3 rings (SSSR count). The van der Waals surface area contributed by atoms with Gasteiger partial charge < -0.3 is 20.3 Å². The van der Waals surface area contributed by atoms with Gasteiger partial charge in [-0.25, -0.2) is 4.79 Å². The van der Waals surface area contributed by atoms with Gasteiger partial charge >= 0.3 is 6.03 Å². The van der Waals surface area contributed by atoms with Gasteiger partial charge in [-0.1, -0.05) is 5.22 Å². The second kappa shape index (κ2) is 4.19. The number of hydrogen-bond acceptors (Lipinski definition) is 7. The van der Waals surface area contributed by atoms with Crippen LogP contribution in [0.5, 0.6) is 0 Å². The Morgan fingerprint density at radius 2 is 2.44 bits per heavy atom. The van der Waals surface area contributed by atoms with Crippen molar-refractivity contribution in [3.05, 3.63) is 11.9 Å². The molecule has 98 valence electrons. The highest BCUT2D eigenvalue weighted by Crippen LogP contribution is 2.26. The van der Waals surface area contributed by atoms with Crippen LogP contribution in [0.15, 0.2) is 22.2 Å². The third-order valence-corrected chi connectivity index (χ3v) is 3.06. The Bertz CT molecular complexity index is 425. The van der Waals surface area contributed by atoms with Crippen molar-refractivity contribution in [3.8, 4) is 0 Å². The Hall–Kier alpha value is -1.71. The summed E-state index contributed by atoms with van der Waals surface area (Å²) in [6.45, 7) is -0.189. The number of aliphatic hydroxyl groups is 2. The predicted molar refractivity (Wildman–Crippen MR) is 56.6 cm³/mol. The molecule has 1 saturated heterocycles. The molecule has 9 heteroatoms. The number of urea groups is 1. The van der Waals surface area contributed by atoms with Crippen LogP contribution in [-0.2, 0) is 4.74 Å². The fourth-order valence-corrected chi connectivity index (χ4v) is 2.16. The van der Waals surface area contributed by atoms with E-state index >= 15 is 0 Å². The molecule has 4 N–H and O–H groups in total. The van der Waals surface area contributed by atoms with E-state index in [1.165, 1.54) is 11.1 Å². The molecule has 3 heterocycles. The quantitative estimate of drug-likeness (QED) is 0.485. The summed E-state index contributed by atoms with van der Waals surface area (Å²) >= 11 is 0. The van der Waals surface area contributed by atoms with Crippen molar-refractivity contribution in [3.63, 3.8) is 0 Å². The molecule has 0 aromatic heterocycles. The van der Waals surface area contributed by atoms with Crippen molar-refractivity contribution in [1.29, 1.82) is 0 Å². The summed E-state index contributed by atoms with van der Waals surface area (Å²) in [6, 6.07) is -0.422. The maximum absolute atomic E-state index is 11.9. The minimum Gasteiger partial charge on any atom is -0.394 e. The number of hydrogen-bond donors (Lipinski definition) is 4. The Morgan fingerprint density at radius 1 is 1.61 bits per heavy atom. The first-order chi connectivity index (χ1) is 8.69. The molecule has 0 aromatic carbocycles. The molecule has 9 nitrogen and oxygen atoms in total. The maximum atomic E-state index is 11.9. The van der Waals surface area contributed by atoms with Crippen LogP contribution in [0.4, 0.5) is 4.79 Å². The number of ether oxygens (including phenoxy) is 1. The van der Waals surface area contributed by atoms with E-state index < -0.39 is 30.6 Å². The first kappa shape index (κ1) is 11.4. The molecule has 1 fully saturated rings. The van der Waals surface area contributed by atoms with Crippen molar-refractivity contribution in [2.45, 2.75) is 31.0 Å². The largest absolute Gasteiger partial charge is 0.394 e. The number of fused-ring (bicyclic) bond motifs is 1. The second-order valence-electron chi connectivity index (χ2n) is 4.31. The lowest BCUT2D eigenvalue weighted by atomic mass is 10.2. The number of nitrogens with one attached hydrogen (secondary N) is 2. The normalized spacial score (nSPS) is 38.2. The summed E-state index contributed by atoms with van der Waals surface area (Å²) in [6.07, 6.45) is -0.799. The summed E-state index contributed by atoms with van der Waals surface area (Å²) in [5.41, 5.74) is 3.26. The van der Waals surface area contributed by atoms with Gasteiger partial charge in [-0.05, 0) is 0 Å². The lowest BCUT2D eigenvalue weighted by Crippen LogP contribution is -2.53. The number of aliphatic hydroxyl groups excluding tert-OH is 2. The van der Waals surface area contributed by atoms with Crippen LogP contribution in [0.3, 0.4) is 0 Å². The minimum absolute atomic E-state index is 0.189. The topological polar surface area (TPSA) is 119 Å². The highest BCUT2D eigenvalue weighted by Gasteiger charge is 2.42. The van der Waals surface area contributed by atoms with Gasteiger partial charge in [0.25, 0.3) is 0 Å². The highest BCUT2D eigenvalue weighted by molar-refractivity contribution is 5.78. The third kappa shape index (κ3) is 1.72. The number of nitrogens with zero attached hydrogens (tertiary/aromatic N) is 3. The molecule has 1 unspecified atom stereocenters. The van der Waals surface area contributed by atoms with E-state index in [9.17, 15) is 9.90 Å². The molecule has 0 radical (unpaired) electrons. The summed E-state index contributed by atoms with van der Waals surface area (Å²) in [4.78, 5) is 13.1. The standard InChI is InChI=1S/C9H13N5O4/c15-3-4-1-6(16)8(18-4)14-2-5-7(10-9(14)17)12-13-11-5/h2,4,6-8,15-16H,1,3H2,(H,10,17)(H,11,12)/t4-,6-,7?,8+/m0/s1. The molecule has 0 saturated carbocycles. The van der Waals surface area contributed by atoms with Crippen LogP contribution in [0.1, 0.15) is 6.42 Å². The zero-order chi connectivity index (χ0) is 12.7. The van der Waals surface area contributed by atoms with E-state index in [2.05, 4.69) is 21.1 Å². The molecule has 3 aliphatic rings. The van der Waals surface area contributed by atoms with E-state index in [0.717, 1.165) is 0 Å². The van der Waals surface area contributed by atoms with Crippen molar-refractivity contribution < 1.29 is 19.7 Å². The highest BCUT2D eigenvalue weighted by atomic mass is 16.5. The van der Waals surface area contributed by atoms with Crippen molar-refractivity contribution >= 4 is 6.03 Å². The monoisotopic (exact) mass is 255 g/mol. The summed E-state index contributed by atoms with van der Waals surface area (Å²) in [5, 5.41) is 28.8. The summed E-state index contributed by atoms with van der Waals surface area (Å²) in [7, 11) is 0. The molecular weight excluding hydrogens is 242 g/mol. The van der Waals surface area contributed by atoms with Crippen molar-refractivity contribution in [1.82, 2.24) is 15.6 Å². The average molecular weight is 255 g/mol. The fourth-order valence-electron chi connectivity index (χ4n) is 2.16. The smallest absolute Gasteiger partial charge is 0.325 e. The van der Waals surface area contributed by atoms with Gasteiger partial charge in [0, 0.05) is 12.6 Å². The SMILES string of the molecule is O=C1NC2N=NNC2=CN1[C@@H]1O[C@H](CO)C[C@@H]1O. The van der Waals surface area contributed by atoms with E-state index in [1.807, 2.05) is 0 Å². The molecule has 3 aliphatic heterocycles. The zero-order valence-electron chi connectivity index (χ0n) is 9.35. The van der Waals surface area contributed by atoms with Crippen LogP contribution >= 0.6 is 0 Å². The Balaban J connectivity index is 1.80. The molecule has 0 bridgehead atoms. The van der Waals surface area contributed by atoms with E-state index in [-0.39, 0.29) is 6.61 Å². The van der Waals surface area contributed by atoms with Gasteiger partial charge in [0.15, 0.2) is 12.4 Å². The van der Waals surface area contributed by atoms with Crippen LogP contribution in [0.25, 0.3) is 0 Å². The van der Waals surface area contributed by atoms with Crippen LogP contribution in [-0.4, -0.2) is 52.4 Å². The maximum Gasteiger partial charge on any atom is 0.325 e. The predicted octanol–water partition coefficient (Wildman–Crippen LogP) is -1.38. The first-order valence-electron chi connectivity index (χ1n) is 5.60. The fraction of sp³-hybridized carbons (Fsp3) is 0.667. The number of amides is 2.